The highest BCUT2D eigenvalue weighted by Crippen LogP contribution is 2.24. The van der Waals surface area contributed by atoms with Crippen molar-refractivity contribution in [1.29, 1.82) is 5.26 Å². The quantitative estimate of drug-likeness (QED) is 0.549. The number of aromatic nitrogens is 2. The summed E-state index contributed by atoms with van der Waals surface area (Å²) in [6.07, 6.45) is 3.46. The monoisotopic (exact) mass is 349 g/mol. The molecular weight excluding hydrogens is 334 g/mol. The lowest BCUT2D eigenvalue weighted by molar-refractivity contribution is 0.988. The summed E-state index contributed by atoms with van der Waals surface area (Å²) >= 11 is 0. The zero-order valence-electron chi connectivity index (χ0n) is 14.4. The van der Waals surface area contributed by atoms with E-state index in [0.717, 1.165) is 16.8 Å². The molecule has 0 aliphatic rings. The molecule has 4 nitrogen and oxygen atoms in total. The molecule has 0 spiro atoms. The minimum atomic E-state index is -0.177. The number of nitriles is 1. The van der Waals surface area contributed by atoms with Crippen LogP contribution in [0.1, 0.15) is 5.56 Å². The second-order valence-corrected chi connectivity index (χ2v) is 6.03. The van der Waals surface area contributed by atoms with E-state index in [1.54, 1.807) is 30.6 Å². The minimum Gasteiger partial charge on any atom is -0.282 e. The van der Waals surface area contributed by atoms with E-state index in [2.05, 4.69) is 11.1 Å². The molecule has 0 atom stereocenters. The Bertz CT molecular complexity index is 1190. The second-order valence-electron chi connectivity index (χ2n) is 6.03. The van der Waals surface area contributed by atoms with Crippen molar-refractivity contribution >= 4 is 0 Å². The van der Waals surface area contributed by atoms with Gasteiger partial charge in [0.25, 0.3) is 5.56 Å². The Labute approximate surface area is 156 Å². The standard InChI is InChI=1S/C23H15N3O/c24-15-18-10-4-5-12-22(18)26-16-19(21-11-6-7-13-25-21)14-20(23(26)27)17-8-2-1-3-9-17/h1-14,16H. The third-order valence-corrected chi connectivity index (χ3v) is 4.35. The van der Waals surface area contributed by atoms with Crippen molar-refractivity contribution < 1.29 is 0 Å². The van der Waals surface area contributed by atoms with E-state index in [1.807, 2.05) is 60.7 Å². The number of hydrogen-bond donors (Lipinski definition) is 0. The van der Waals surface area contributed by atoms with E-state index in [0.29, 0.717) is 16.8 Å². The molecule has 0 bridgehead atoms. The fourth-order valence-corrected chi connectivity index (χ4v) is 3.04. The van der Waals surface area contributed by atoms with Gasteiger partial charge in [-0.2, -0.15) is 5.26 Å². The van der Waals surface area contributed by atoms with Gasteiger partial charge in [0, 0.05) is 23.5 Å². The van der Waals surface area contributed by atoms with Crippen molar-refractivity contribution in [3.8, 4) is 34.1 Å². The predicted octanol–water partition coefficient (Wildman–Crippen LogP) is 4.44. The summed E-state index contributed by atoms with van der Waals surface area (Å²) in [5.41, 5.74) is 3.77. The Morgan fingerprint density at radius 2 is 1.59 bits per heavy atom. The topological polar surface area (TPSA) is 58.7 Å². The summed E-state index contributed by atoms with van der Waals surface area (Å²) in [6, 6.07) is 26.3. The molecule has 4 aromatic rings. The van der Waals surface area contributed by atoms with Crippen molar-refractivity contribution in [3.63, 3.8) is 0 Å². The van der Waals surface area contributed by atoms with Gasteiger partial charge >= 0.3 is 0 Å². The average Bonchev–Trinajstić information content (AvgIpc) is 2.75. The molecule has 27 heavy (non-hydrogen) atoms. The van der Waals surface area contributed by atoms with Crippen molar-refractivity contribution in [2.75, 3.05) is 0 Å². The van der Waals surface area contributed by atoms with Gasteiger partial charge in [0.05, 0.1) is 16.9 Å². The van der Waals surface area contributed by atoms with Gasteiger partial charge in [0.15, 0.2) is 0 Å². The predicted molar refractivity (Wildman–Crippen MR) is 105 cm³/mol. The Morgan fingerprint density at radius 1 is 0.852 bits per heavy atom. The smallest absolute Gasteiger partial charge is 0.263 e. The van der Waals surface area contributed by atoms with Gasteiger partial charge in [0.1, 0.15) is 6.07 Å². The van der Waals surface area contributed by atoms with Crippen LogP contribution in [0.15, 0.2) is 96.1 Å². The first kappa shape index (κ1) is 16.5. The maximum Gasteiger partial charge on any atom is 0.263 e. The first-order valence-electron chi connectivity index (χ1n) is 8.51. The molecule has 128 valence electrons. The molecule has 0 radical (unpaired) electrons. The molecule has 4 rings (SSSR count). The van der Waals surface area contributed by atoms with Crippen LogP contribution in [-0.4, -0.2) is 9.55 Å². The van der Waals surface area contributed by atoms with E-state index in [-0.39, 0.29) is 5.56 Å². The van der Waals surface area contributed by atoms with E-state index >= 15 is 0 Å². The normalized spacial score (nSPS) is 10.3. The fourth-order valence-electron chi connectivity index (χ4n) is 3.04. The summed E-state index contributed by atoms with van der Waals surface area (Å²) in [4.78, 5) is 17.7. The van der Waals surface area contributed by atoms with Crippen LogP contribution in [-0.2, 0) is 0 Å². The molecule has 0 aliphatic carbocycles. The zero-order valence-corrected chi connectivity index (χ0v) is 14.4. The Hall–Kier alpha value is -3.97. The van der Waals surface area contributed by atoms with Crippen LogP contribution in [0, 0.1) is 11.3 Å². The van der Waals surface area contributed by atoms with Crippen LogP contribution in [0.2, 0.25) is 0 Å². The van der Waals surface area contributed by atoms with Crippen LogP contribution >= 0.6 is 0 Å². The second kappa shape index (κ2) is 7.11. The third kappa shape index (κ3) is 3.14. The highest BCUT2D eigenvalue weighted by molar-refractivity contribution is 5.71. The van der Waals surface area contributed by atoms with Crippen molar-refractivity contribution in [3.05, 3.63) is 107 Å². The van der Waals surface area contributed by atoms with Crippen molar-refractivity contribution in [2.45, 2.75) is 0 Å². The van der Waals surface area contributed by atoms with Crippen molar-refractivity contribution in [1.82, 2.24) is 9.55 Å². The van der Waals surface area contributed by atoms with E-state index in [1.165, 1.54) is 4.57 Å². The molecule has 0 N–H and O–H groups in total. The van der Waals surface area contributed by atoms with Gasteiger partial charge in [0.2, 0.25) is 0 Å². The van der Waals surface area contributed by atoms with Crippen LogP contribution in [0.25, 0.3) is 28.1 Å². The average molecular weight is 349 g/mol. The van der Waals surface area contributed by atoms with Crippen LogP contribution < -0.4 is 5.56 Å². The van der Waals surface area contributed by atoms with Crippen molar-refractivity contribution in [2.24, 2.45) is 0 Å². The third-order valence-electron chi connectivity index (χ3n) is 4.35. The maximum atomic E-state index is 13.3. The van der Waals surface area contributed by atoms with Gasteiger partial charge in [-0.15, -0.1) is 0 Å². The summed E-state index contributed by atoms with van der Waals surface area (Å²) < 4.78 is 1.53. The molecule has 2 aromatic heterocycles. The summed E-state index contributed by atoms with van der Waals surface area (Å²) in [7, 11) is 0. The van der Waals surface area contributed by atoms with Gasteiger partial charge in [-0.05, 0) is 35.9 Å². The molecule has 4 heteroatoms. The molecule has 0 saturated heterocycles. The largest absolute Gasteiger partial charge is 0.282 e. The van der Waals surface area contributed by atoms with E-state index in [4.69, 9.17) is 0 Å². The SMILES string of the molecule is N#Cc1ccccc1-n1cc(-c2ccccn2)cc(-c2ccccc2)c1=O. The highest BCUT2D eigenvalue weighted by Gasteiger charge is 2.14. The van der Waals surface area contributed by atoms with Gasteiger partial charge < -0.3 is 0 Å². The Kier molecular flexibility index (Phi) is 4.34. The molecule has 0 amide bonds. The number of nitrogens with zero attached hydrogens (tertiary/aromatic N) is 3. The summed E-state index contributed by atoms with van der Waals surface area (Å²) in [5, 5.41) is 9.47. The van der Waals surface area contributed by atoms with Gasteiger partial charge in [-0.25, -0.2) is 0 Å². The van der Waals surface area contributed by atoms with Crippen LogP contribution in [0.3, 0.4) is 0 Å². The molecule has 0 unspecified atom stereocenters. The molecule has 2 heterocycles. The first-order valence-corrected chi connectivity index (χ1v) is 8.51. The van der Waals surface area contributed by atoms with E-state index in [9.17, 15) is 10.1 Å². The lowest BCUT2D eigenvalue weighted by Crippen LogP contribution is -2.21. The summed E-state index contributed by atoms with van der Waals surface area (Å²) in [5.74, 6) is 0. The maximum absolute atomic E-state index is 13.3. The lowest BCUT2D eigenvalue weighted by Gasteiger charge is -2.13. The lowest BCUT2D eigenvalue weighted by atomic mass is 10.0. The Balaban J connectivity index is 2.04. The number of benzene rings is 2. The van der Waals surface area contributed by atoms with Gasteiger partial charge in [-0.1, -0.05) is 48.5 Å². The molecule has 0 aliphatic heterocycles. The van der Waals surface area contributed by atoms with Gasteiger partial charge in [-0.3, -0.25) is 14.3 Å². The first-order chi connectivity index (χ1) is 13.3. The van der Waals surface area contributed by atoms with E-state index < -0.39 is 0 Å². The molecular formula is C23H15N3O. The zero-order chi connectivity index (χ0) is 18.6. The molecule has 0 fully saturated rings. The highest BCUT2D eigenvalue weighted by atomic mass is 16.1. The molecule has 2 aromatic carbocycles. The number of para-hydroxylation sites is 1. The van der Waals surface area contributed by atoms with Crippen LogP contribution in [0.5, 0.6) is 0 Å². The number of hydrogen-bond acceptors (Lipinski definition) is 3. The Morgan fingerprint density at radius 3 is 2.33 bits per heavy atom. The molecule has 0 saturated carbocycles. The summed E-state index contributed by atoms with van der Waals surface area (Å²) in [6.45, 7) is 0. The number of rotatable bonds is 3. The minimum absolute atomic E-state index is 0.177. The number of pyridine rings is 2. The fraction of sp³-hybridized carbons (Fsp3) is 0. The van der Waals surface area contributed by atoms with Crippen LogP contribution in [0.4, 0.5) is 0 Å².